The molecule has 1 aliphatic rings. The molecule has 0 radical (unpaired) electrons. The maximum Gasteiger partial charge on any atom is 0.262 e. The highest BCUT2D eigenvalue weighted by Crippen LogP contribution is 2.33. The molecule has 2 amide bonds. The molecule has 3 aromatic rings. The summed E-state index contributed by atoms with van der Waals surface area (Å²) in [5.41, 5.74) is 2.76. The van der Waals surface area contributed by atoms with Gasteiger partial charge >= 0.3 is 0 Å². The zero-order valence-corrected chi connectivity index (χ0v) is 20.3. The first-order chi connectivity index (χ1) is 17.5. The van der Waals surface area contributed by atoms with Gasteiger partial charge in [-0.2, -0.15) is 5.10 Å². The van der Waals surface area contributed by atoms with Crippen LogP contribution in [0.2, 0.25) is 0 Å². The molecule has 0 spiro atoms. The van der Waals surface area contributed by atoms with Gasteiger partial charge in [0, 0.05) is 25.6 Å². The molecule has 0 aliphatic carbocycles. The van der Waals surface area contributed by atoms with E-state index in [0.29, 0.717) is 6.42 Å². The predicted molar refractivity (Wildman–Crippen MR) is 134 cm³/mol. The quantitative estimate of drug-likeness (QED) is 0.449. The zero-order valence-electron chi connectivity index (χ0n) is 20.3. The number of halogens is 1. The van der Waals surface area contributed by atoms with Gasteiger partial charge in [0.2, 0.25) is 0 Å². The highest BCUT2D eigenvalue weighted by atomic mass is 19.1. The second kappa shape index (κ2) is 11.6. The van der Waals surface area contributed by atoms with Crippen molar-refractivity contribution in [3.8, 4) is 5.75 Å². The van der Waals surface area contributed by atoms with Gasteiger partial charge in [-0.25, -0.2) is 9.40 Å². The fourth-order valence-corrected chi connectivity index (χ4v) is 4.13. The molecule has 0 unspecified atom stereocenters. The molecule has 7 nitrogen and oxygen atoms in total. The largest absolute Gasteiger partial charge is 0.497 e. The van der Waals surface area contributed by atoms with Crippen LogP contribution >= 0.6 is 0 Å². The minimum Gasteiger partial charge on any atom is -0.497 e. The van der Waals surface area contributed by atoms with Gasteiger partial charge in [0.25, 0.3) is 11.8 Å². The zero-order chi connectivity index (χ0) is 25.5. The SMILES string of the molecule is COCCN(CC(=O)N1N=C(c2ccc(OC)cc2)C[C@@H]1c1ccccc1)C(=O)c1cccc(F)c1. The number of ether oxygens (including phenoxy) is 2. The summed E-state index contributed by atoms with van der Waals surface area (Å²) in [6.45, 7) is 0.189. The first-order valence-electron chi connectivity index (χ1n) is 11.6. The van der Waals surface area contributed by atoms with E-state index in [4.69, 9.17) is 9.47 Å². The molecule has 1 aliphatic heterocycles. The molecule has 0 fully saturated rings. The van der Waals surface area contributed by atoms with Gasteiger partial charge in [0.05, 0.1) is 25.5 Å². The average molecular weight is 490 g/mol. The summed E-state index contributed by atoms with van der Waals surface area (Å²) >= 11 is 0. The van der Waals surface area contributed by atoms with Gasteiger partial charge < -0.3 is 14.4 Å². The molecule has 0 N–H and O–H groups in total. The summed E-state index contributed by atoms with van der Waals surface area (Å²) in [5, 5.41) is 6.13. The lowest BCUT2D eigenvalue weighted by Gasteiger charge is -2.27. The van der Waals surface area contributed by atoms with E-state index in [1.165, 1.54) is 35.2 Å². The summed E-state index contributed by atoms with van der Waals surface area (Å²) in [5.74, 6) is -0.575. The Morgan fingerprint density at radius 2 is 1.78 bits per heavy atom. The van der Waals surface area contributed by atoms with Crippen LogP contribution in [0.4, 0.5) is 4.39 Å². The van der Waals surface area contributed by atoms with Crippen LogP contribution in [0.1, 0.15) is 33.9 Å². The molecule has 36 heavy (non-hydrogen) atoms. The van der Waals surface area contributed by atoms with Crippen LogP contribution in [0.5, 0.6) is 5.75 Å². The monoisotopic (exact) mass is 489 g/mol. The molecular weight excluding hydrogens is 461 g/mol. The number of hydrazone groups is 1. The molecular formula is C28H28FN3O4. The third-order valence-corrected chi connectivity index (χ3v) is 6.02. The number of benzene rings is 3. The smallest absolute Gasteiger partial charge is 0.262 e. The standard InChI is InChI=1S/C28H28FN3O4/c1-35-16-15-31(28(34)22-9-6-10-23(29)17-22)19-27(33)32-26(21-7-4-3-5-8-21)18-25(30-32)20-11-13-24(36-2)14-12-20/h3-14,17,26H,15-16,18-19H2,1-2H3/t26-/m1/s1. The Balaban J connectivity index is 1.61. The van der Waals surface area contributed by atoms with Gasteiger partial charge in [-0.05, 0) is 53.6 Å². The minimum absolute atomic E-state index is 0.169. The second-order valence-corrected chi connectivity index (χ2v) is 8.37. The number of hydrogen-bond donors (Lipinski definition) is 0. The first-order valence-corrected chi connectivity index (χ1v) is 11.6. The van der Waals surface area contributed by atoms with E-state index >= 15 is 0 Å². The molecule has 1 atom stereocenters. The van der Waals surface area contributed by atoms with E-state index in [1.807, 2.05) is 54.6 Å². The maximum atomic E-state index is 13.7. The van der Waals surface area contributed by atoms with Crippen LogP contribution < -0.4 is 4.74 Å². The van der Waals surface area contributed by atoms with Crippen molar-refractivity contribution in [2.75, 3.05) is 33.9 Å². The number of hydrogen-bond acceptors (Lipinski definition) is 5. The number of carbonyl (C=O) groups excluding carboxylic acids is 2. The number of nitrogens with zero attached hydrogens (tertiary/aromatic N) is 3. The summed E-state index contributed by atoms with van der Waals surface area (Å²) in [7, 11) is 3.12. The number of amides is 2. The predicted octanol–water partition coefficient (Wildman–Crippen LogP) is 4.30. The summed E-state index contributed by atoms with van der Waals surface area (Å²) < 4.78 is 24.1. The Morgan fingerprint density at radius 3 is 2.44 bits per heavy atom. The third kappa shape index (κ3) is 5.78. The van der Waals surface area contributed by atoms with Crippen molar-refractivity contribution in [1.82, 2.24) is 9.91 Å². The van der Waals surface area contributed by atoms with Crippen molar-refractivity contribution in [2.24, 2.45) is 5.10 Å². The number of carbonyl (C=O) groups is 2. The Labute approximate surface area is 209 Å². The van der Waals surface area contributed by atoms with E-state index in [0.717, 1.165) is 28.7 Å². The summed E-state index contributed by atoms with van der Waals surface area (Å²) in [6.07, 6.45) is 0.526. The van der Waals surface area contributed by atoms with E-state index in [1.54, 1.807) is 7.11 Å². The molecule has 186 valence electrons. The van der Waals surface area contributed by atoms with Crippen LogP contribution in [-0.4, -0.2) is 61.4 Å². The number of methoxy groups -OCH3 is 2. The first kappa shape index (κ1) is 25.1. The van der Waals surface area contributed by atoms with Crippen LogP contribution in [-0.2, 0) is 9.53 Å². The molecule has 0 saturated carbocycles. The highest BCUT2D eigenvalue weighted by Gasteiger charge is 2.34. The highest BCUT2D eigenvalue weighted by molar-refractivity contribution is 6.03. The molecule has 0 bridgehead atoms. The number of rotatable bonds is 9. The lowest BCUT2D eigenvalue weighted by atomic mass is 9.98. The average Bonchev–Trinajstić information content (AvgIpc) is 3.37. The second-order valence-electron chi connectivity index (χ2n) is 8.37. The molecule has 0 aromatic heterocycles. The van der Waals surface area contributed by atoms with Crippen molar-refractivity contribution in [2.45, 2.75) is 12.5 Å². The van der Waals surface area contributed by atoms with Crippen molar-refractivity contribution in [1.29, 1.82) is 0 Å². The van der Waals surface area contributed by atoms with E-state index in [9.17, 15) is 14.0 Å². The van der Waals surface area contributed by atoms with Gasteiger partial charge in [-0.1, -0.05) is 36.4 Å². The fourth-order valence-electron chi connectivity index (χ4n) is 4.13. The summed E-state index contributed by atoms with van der Waals surface area (Å²) in [4.78, 5) is 28.1. The fraction of sp³-hybridized carbons (Fsp3) is 0.250. The molecule has 0 saturated heterocycles. The molecule has 8 heteroatoms. The third-order valence-electron chi connectivity index (χ3n) is 6.02. The normalized spacial score (nSPS) is 14.9. The van der Waals surface area contributed by atoms with Crippen molar-refractivity contribution in [3.63, 3.8) is 0 Å². The van der Waals surface area contributed by atoms with Crippen molar-refractivity contribution >= 4 is 17.5 Å². The van der Waals surface area contributed by atoms with Gasteiger partial charge in [0.15, 0.2) is 0 Å². The van der Waals surface area contributed by atoms with Crippen molar-refractivity contribution < 1.29 is 23.5 Å². The van der Waals surface area contributed by atoms with Crippen LogP contribution in [0.25, 0.3) is 0 Å². The Morgan fingerprint density at radius 1 is 1.03 bits per heavy atom. The van der Waals surface area contributed by atoms with E-state index in [2.05, 4.69) is 5.10 Å². The van der Waals surface area contributed by atoms with Crippen LogP contribution in [0.3, 0.4) is 0 Å². The minimum atomic E-state index is -0.517. The topological polar surface area (TPSA) is 71.4 Å². The summed E-state index contributed by atoms with van der Waals surface area (Å²) in [6, 6.07) is 22.3. The van der Waals surface area contributed by atoms with Crippen molar-refractivity contribution in [3.05, 3.63) is 101 Å². The lowest BCUT2D eigenvalue weighted by Crippen LogP contribution is -2.42. The molecule has 3 aromatic carbocycles. The van der Waals surface area contributed by atoms with E-state index in [-0.39, 0.29) is 37.2 Å². The lowest BCUT2D eigenvalue weighted by molar-refractivity contribution is -0.133. The van der Waals surface area contributed by atoms with Gasteiger partial charge in [-0.15, -0.1) is 0 Å². The van der Waals surface area contributed by atoms with E-state index < -0.39 is 11.7 Å². The Hall–Kier alpha value is -4.04. The van der Waals surface area contributed by atoms with Crippen LogP contribution in [0, 0.1) is 5.82 Å². The molecule has 1 heterocycles. The molecule has 4 rings (SSSR count). The van der Waals surface area contributed by atoms with Gasteiger partial charge in [0.1, 0.15) is 18.1 Å². The Bertz CT molecular complexity index is 1230. The van der Waals surface area contributed by atoms with Crippen LogP contribution in [0.15, 0.2) is 84.0 Å². The Kier molecular flexibility index (Phi) is 8.07. The van der Waals surface area contributed by atoms with Gasteiger partial charge in [-0.3, -0.25) is 9.59 Å². The maximum absolute atomic E-state index is 13.7.